The monoisotopic (exact) mass is 260 g/mol. The molecule has 1 heterocycles. The van der Waals surface area contributed by atoms with Gasteiger partial charge in [-0.2, -0.15) is 11.8 Å². The van der Waals surface area contributed by atoms with Gasteiger partial charge in [0.1, 0.15) is 0 Å². The normalized spacial score (nSPS) is 20.9. The maximum Gasteiger partial charge on any atom is 0.315 e. The lowest BCUT2D eigenvalue weighted by atomic mass is 10.1. The summed E-state index contributed by atoms with van der Waals surface area (Å²) in [5.41, 5.74) is 0. The van der Waals surface area contributed by atoms with Gasteiger partial charge in [-0.3, -0.25) is 4.79 Å². The van der Waals surface area contributed by atoms with Crippen LogP contribution in [-0.2, 0) is 4.79 Å². The number of hydrogen-bond donors (Lipinski definition) is 3. The predicted octanol–water partition coefficient (Wildman–Crippen LogP) is 1.43. The number of carbonyl (C=O) groups excluding carboxylic acids is 1. The molecule has 6 heteroatoms. The van der Waals surface area contributed by atoms with E-state index >= 15 is 0 Å². The van der Waals surface area contributed by atoms with Crippen LogP contribution in [0.15, 0.2) is 0 Å². The zero-order valence-corrected chi connectivity index (χ0v) is 10.9. The number of hydrogen-bond acceptors (Lipinski definition) is 3. The number of carboxylic acid groups (broad SMARTS) is 1. The van der Waals surface area contributed by atoms with Crippen LogP contribution in [0.25, 0.3) is 0 Å². The zero-order chi connectivity index (χ0) is 12.7. The van der Waals surface area contributed by atoms with Crippen LogP contribution in [-0.4, -0.2) is 40.7 Å². The lowest BCUT2D eigenvalue weighted by Crippen LogP contribution is -2.46. The van der Waals surface area contributed by atoms with Crippen molar-refractivity contribution in [3.05, 3.63) is 0 Å². The van der Waals surface area contributed by atoms with E-state index in [-0.39, 0.29) is 24.5 Å². The Labute approximate surface area is 106 Å². The van der Waals surface area contributed by atoms with Crippen molar-refractivity contribution >= 4 is 23.8 Å². The van der Waals surface area contributed by atoms with Gasteiger partial charge in [0, 0.05) is 17.8 Å². The Kier molecular flexibility index (Phi) is 6.18. The molecular formula is C11H20N2O3S. The zero-order valence-electron chi connectivity index (χ0n) is 10.1. The molecule has 17 heavy (non-hydrogen) atoms. The van der Waals surface area contributed by atoms with Gasteiger partial charge in [0.15, 0.2) is 0 Å². The van der Waals surface area contributed by atoms with Crippen molar-refractivity contribution in [2.75, 3.05) is 11.5 Å². The SMILES string of the molecule is CCCC(CC(=O)O)NC(=O)NC1CCSC1. The largest absolute Gasteiger partial charge is 0.481 e. The lowest BCUT2D eigenvalue weighted by molar-refractivity contribution is -0.137. The topological polar surface area (TPSA) is 78.4 Å². The number of rotatable bonds is 6. The van der Waals surface area contributed by atoms with Gasteiger partial charge in [-0.1, -0.05) is 13.3 Å². The molecule has 1 saturated heterocycles. The van der Waals surface area contributed by atoms with Crippen LogP contribution in [0.5, 0.6) is 0 Å². The Balaban J connectivity index is 2.31. The predicted molar refractivity (Wildman–Crippen MR) is 68.3 cm³/mol. The van der Waals surface area contributed by atoms with Crippen molar-refractivity contribution in [2.45, 2.75) is 44.7 Å². The first-order chi connectivity index (χ1) is 8.11. The third-order valence-electron chi connectivity index (χ3n) is 2.66. The Morgan fingerprint density at radius 2 is 2.29 bits per heavy atom. The van der Waals surface area contributed by atoms with Crippen molar-refractivity contribution in [3.8, 4) is 0 Å². The van der Waals surface area contributed by atoms with Gasteiger partial charge in [0.2, 0.25) is 0 Å². The molecule has 2 atom stereocenters. The standard InChI is InChI=1S/C11H20N2O3S/c1-2-3-8(6-10(14)15)12-11(16)13-9-4-5-17-7-9/h8-9H,2-7H2,1H3,(H,14,15)(H2,12,13,16). The Morgan fingerprint density at radius 3 is 2.82 bits per heavy atom. The first-order valence-corrected chi connectivity index (χ1v) is 7.13. The van der Waals surface area contributed by atoms with Crippen molar-refractivity contribution in [1.82, 2.24) is 10.6 Å². The molecule has 0 aromatic heterocycles. The summed E-state index contributed by atoms with van der Waals surface area (Å²) in [5, 5.41) is 14.3. The first-order valence-electron chi connectivity index (χ1n) is 5.98. The highest BCUT2D eigenvalue weighted by Crippen LogP contribution is 2.16. The highest BCUT2D eigenvalue weighted by Gasteiger charge is 2.20. The molecule has 0 aliphatic carbocycles. The Bertz CT molecular complexity index is 267. The molecule has 98 valence electrons. The van der Waals surface area contributed by atoms with Gasteiger partial charge >= 0.3 is 12.0 Å². The van der Waals surface area contributed by atoms with Crippen LogP contribution in [0.1, 0.15) is 32.6 Å². The molecular weight excluding hydrogens is 240 g/mol. The summed E-state index contributed by atoms with van der Waals surface area (Å²) in [6.45, 7) is 1.97. The number of carboxylic acids is 1. The number of urea groups is 1. The molecule has 2 unspecified atom stereocenters. The molecule has 0 radical (unpaired) electrons. The summed E-state index contributed by atoms with van der Waals surface area (Å²) < 4.78 is 0. The van der Waals surface area contributed by atoms with E-state index in [1.54, 1.807) is 0 Å². The number of aliphatic carboxylic acids is 1. The summed E-state index contributed by atoms with van der Waals surface area (Å²) >= 11 is 1.83. The van der Waals surface area contributed by atoms with Crippen LogP contribution in [0.4, 0.5) is 4.79 Å². The summed E-state index contributed by atoms with van der Waals surface area (Å²) in [6.07, 6.45) is 2.53. The minimum absolute atomic E-state index is 0.0132. The van der Waals surface area contributed by atoms with Crippen LogP contribution in [0.2, 0.25) is 0 Å². The Morgan fingerprint density at radius 1 is 1.53 bits per heavy atom. The van der Waals surface area contributed by atoms with E-state index in [0.717, 1.165) is 24.3 Å². The lowest BCUT2D eigenvalue weighted by Gasteiger charge is -2.18. The molecule has 1 rings (SSSR count). The van der Waals surface area contributed by atoms with Gasteiger partial charge < -0.3 is 15.7 Å². The van der Waals surface area contributed by atoms with Gasteiger partial charge in [-0.25, -0.2) is 4.79 Å². The summed E-state index contributed by atoms with van der Waals surface area (Å²) in [5.74, 6) is 1.16. The molecule has 0 saturated carbocycles. The summed E-state index contributed by atoms with van der Waals surface area (Å²) in [6, 6.07) is -0.282. The Hall–Kier alpha value is -0.910. The quantitative estimate of drug-likeness (QED) is 0.675. The number of nitrogens with one attached hydrogen (secondary N) is 2. The average Bonchev–Trinajstić information content (AvgIpc) is 2.69. The van der Waals surface area contributed by atoms with Crippen molar-refractivity contribution in [1.29, 1.82) is 0 Å². The van der Waals surface area contributed by atoms with E-state index < -0.39 is 5.97 Å². The van der Waals surface area contributed by atoms with Crippen LogP contribution in [0, 0.1) is 0 Å². The summed E-state index contributed by atoms with van der Waals surface area (Å²) in [4.78, 5) is 22.3. The van der Waals surface area contributed by atoms with Crippen LogP contribution < -0.4 is 10.6 Å². The van der Waals surface area contributed by atoms with E-state index in [1.165, 1.54) is 0 Å². The minimum atomic E-state index is -0.875. The second kappa shape index (κ2) is 7.42. The van der Waals surface area contributed by atoms with Gasteiger partial charge in [-0.05, 0) is 18.6 Å². The van der Waals surface area contributed by atoms with E-state index in [4.69, 9.17) is 5.11 Å². The smallest absolute Gasteiger partial charge is 0.315 e. The van der Waals surface area contributed by atoms with Crippen LogP contribution >= 0.6 is 11.8 Å². The maximum absolute atomic E-state index is 11.6. The van der Waals surface area contributed by atoms with Gasteiger partial charge in [0.25, 0.3) is 0 Å². The van der Waals surface area contributed by atoms with Gasteiger partial charge in [-0.15, -0.1) is 0 Å². The molecule has 1 fully saturated rings. The minimum Gasteiger partial charge on any atom is -0.481 e. The molecule has 2 amide bonds. The van der Waals surface area contributed by atoms with Crippen molar-refractivity contribution in [3.63, 3.8) is 0 Å². The molecule has 5 nitrogen and oxygen atoms in total. The van der Waals surface area contributed by atoms with Crippen molar-refractivity contribution in [2.24, 2.45) is 0 Å². The highest BCUT2D eigenvalue weighted by atomic mass is 32.2. The molecule has 1 aliphatic heterocycles. The fourth-order valence-corrected chi connectivity index (χ4v) is 3.00. The third-order valence-corrected chi connectivity index (χ3v) is 3.82. The van der Waals surface area contributed by atoms with E-state index in [1.807, 2.05) is 18.7 Å². The molecule has 0 spiro atoms. The summed E-state index contributed by atoms with van der Waals surface area (Å²) in [7, 11) is 0. The molecule has 1 aliphatic rings. The molecule has 0 bridgehead atoms. The number of amides is 2. The maximum atomic E-state index is 11.6. The number of thioether (sulfide) groups is 1. The van der Waals surface area contributed by atoms with E-state index in [2.05, 4.69) is 10.6 Å². The van der Waals surface area contributed by atoms with Crippen molar-refractivity contribution < 1.29 is 14.7 Å². The number of carbonyl (C=O) groups is 2. The molecule has 0 aromatic rings. The fraction of sp³-hybridized carbons (Fsp3) is 0.818. The second-order valence-corrected chi connectivity index (χ2v) is 5.41. The molecule has 3 N–H and O–H groups in total. The third kappa shape index (κ3) is 5.81. The molecule has 0 aromatic carbocycles. The van der Waals surface area contributed by atoms with E-state index in [0.29, 0.717) is 6.42 Å². The van der Waals surface area contributed by atoms with Crippen LogP contribution in [0.3, 0.4) is 0 Å². The van der Waals surface area contributed by atoms with E-state index in [9.17, 15) is 9.59 Å². The first kappa shape index (κ1) is 14.2. The second-order valence-electron chi connectivity index (χ2n) is 4.26. The fourth-order valence-electron chi connectivity index (χ4n) is 1.85. The van der Waals surface area contributed by atoms with Gasteiger partial charge in [0.05, 0.1) is 6.42 Å². The average molecular weight is 260 g/mol. The highest BCUT2D eigenvalue weighted by molar-refractivity contribution is 7.99.